The van der Waals surface area contributed by atoms with E-state index in [9.17, 15) is 4.79 Å². The van der Waals surface area contributed by atoms with E-state index in [4.69, 9.17) is 5.73 Å². The Hall–Kier alpha value is -2.86. The van der Waals surface area contributed by atoms with Crippen LogP contribution in [0, 0.1) is 11.3 Å². The lowest BCUT2D eigenvalue weighted by atomic mass is 9.83. The number of pyridine rings is 1. The fourth-order valence-electron chi connectivity index (χ4n) is 4.91. The Kier molecular flexibility index (Phi) is 3.91. The van der Waals surface area contributed by atoms with Crippen LogP contribution in [-0.4, -0.2) is 51.5 Å². The van der Waals surface area contributed by atoms with Crippen molar-refractivity contribution in [3.63, 3.8) is 0 Å². The maximum Gasteiger partial charge on any atom is 0.257 e. The van der Waals surface area contributed by atoms with Gasteiger partial charge in [-0.2, -0.15) is 5.10 Å². The number of benzene rings is 1. The van der Waals surface area contributed by atoms with E-state index in [-0.39, 0.29) is 11.3 Å². The van der Waals surface area contributed by atoms with E-state index < -0.39 is 0 Å². The second-order valence-electron chi connectivity index (χ2n) is 8.54. The molecule has 0 spiro atoms. The maximum atomic E-state index is 13.2. The molecule has 3 aromatic rings. The van der Waals surface area contributed by atoms with Gasteiger partial charge in [0.15, 0.2) is 0 Å². The summed E-state index contributed by atoms with van der Waals surface area (Å²) in [5.74, 6) is 0.568. The molecule has 0 radical (unpaired) electrons. The van der Waals surface area contributed by atoms with Crippen LogP contribution in [0.25, 0.3) is 5.52 Å². The van der Waals surface area contributed by atoms with Crippen molar-refractivity contribution in [2.24, 2.45) is 11.3 Å². The second-order valence-corrected chi connectivity index (χ2v) is 8.54. The van der Waals surface area contributed by atoms with E-state index in [0.29, 0.717) is 17.2 Å². The quantitative estimate of drug-likeness (QED) is 0.764. The van der Waals surface area contributed by atoms with Crippen LogP contribution in [0.15, 0.2) is 54.9 Å². The highest BCUT2D eigenvalue weighted by Crippen LogP contribution is 2.43. The molecule has 0 aliphatic carbocycles. The fourth-order valence-corrected chi connectivity index (χ4v) is 4.91. The summed E-state index contributed by atoms with van der Waals surface area (Å²) in [6.07, 6.45) is 3.46. The first-order valence-corrected chi connectivity index (χ1v) is 9.80. The third kappa shape index (κ3) is 2.85. The first kappa shape index (κ1) is 17.3. The monoisotopic (exact) mass is 375 g/mol. The highest BCUT2D eigenvalue weighted by Gasteiger charge is 2.50. The molecule has 0 saturated carbocycles. The normalized spacial score (nSPS) is 24.8. The van der Waals surface area contributed by atoms with Gasteiger partial charge in [-0.3, -0.25) is 9.69 Å². The average molecular weight is 375 g/mol. The Balaban J connectivity index is 1.31. The van der Waals surface area contributed by atoms with Gasteiger partial charge in [-0.05, 0) is 23.6 Å². The Bertz CT molecular complexity index is 1030. The van der Waals surface area contributed by atoms with Crippen molar-refractivity contribution in [3.8, 4) is 0 Å². The number of hydrogen-bond acceptors (Lipinski definition) is 4. The van der Waals surface area contributed by atoms with Crippen LogP contribution >= 0.6 is 0 Å². The molecule has 2 N–H and O–H groups in total. The Morgan fingerprint density at radius 2 is 2.04 bits per heavy atom. The molecule has 28 heavy (non-hydrogen) atoms. The lowest BCUT2D eigenvalue weighted by molar-refractivity contribution is 0.0763. The number of nitrogens with zero attached hydrogens (tertiary/aromatic N) is 4. The van der Waals surface area contributed by atoms with E-state index >= 15 is 0 Å². The predicted molar refractivity (Wildman–Crippen MR) is 109 cm³/mol. The maximum absolute atomic E-state index is 13.2. The molecule has 2 aliphatic heterocycles. The zero-order valence-corrected chi connectivity index (χ0v) is 16.1. The van der Waals surface area contributed by atoms with Crippen LogP contribution in [0.5, 0.6) is 0 Å². The van der Waals surface area contributed by atoms with Gasteiger partial charge in [-0.25, -0.2) is 4.52 Å². The Morgan fingerprint density at radius 1 is 1.21 bits per heavy atom. The van der Waals surface area contributed by atoms with Crippen molar-refractivity contribution in [2.75, 3.05) is 31.9 Å². The molecule has 6 nitrogen and oxygen atoms in total. The molecule has 2 aliphatic rings. The third-order valence-electron chi connectivity index (χ3n) is 6.35. The van der Waals surface area contributed by atoms with Gasteiger partial charge in [-0.15, -0.1) is 0 Å². The van der Waals surface area contributed by atoms with Crippen LogP contribution in [0.1, 0.15) is 22.8 Å². The Labute approximate surface area is 164 Å². The lowest BCUT2D eigenvalue weighted by Gasteiger charge is -2.25. The second kappa shape index (κ2) is 6.34. The molecule has 1 aromatic carbocycles. The van der Waals surface area contributed by atoms with E-state index in [2.05, 4.69) is 47.3 Å². The number of anilines is 1. The van der Waals surface area contributed by atoms with Gasteiger partial charge in [0, 0.05) is 50.0 Å². The first-order chi connectivity index (χ1) is 13.5. The molecule has 2 aromatic heterocycles. The molecular weight excluding hydrogens is 350 g/mol. The topological polar surface area (TPSA) is 66.9 Å². The molecule has 1 amide bonds. The molecule has 0 bridgehead atoms. The van der Waals surface area contributed by atoms with E-state index in [1.807, 2.05) is 11.0 Å². The molecule has 5 rings (SSSR count). The smallest absolute Gasteiger partial charge is 0.257 e. The summed E-state index contributed by atoms with van der Waals surface area (Å²) in [5, 5.41) is 4.31. The van der Waals surface area contributed by atoms with E-state index in [1.54, 1.807) is 23.0 Å². The minimum atomic E-state index is 0.0610. The van der Waals surface area contributed by atoms with E-state index in [1.165, 1.54) is 5.56 Å². The number of rotatable bonds is 3. The highest BCUT2D eigenvalue weighted by molar-refractivity contribution is 6.01. The number of carbonyl (C=O) groups is 1. The van der Waals surface area contributed by atoms with Gasteiger partial charge in [0.05, 0.1) is 17.3 Å². The number of nitrogens with two attached hydrogens (primary N) is 1. The van der Waals surface area contributed by atoms with Crippen LogP contribution in [0.2, 0.25) is 0 Å². The molecule has 2 saturated heterocycles. The minimum absolute atomic E-state index is 0.0610. The highest BCUT2D eigenvalue weighted by atomic mass is 16.2. The van der Waals surface area contributed by atoms with Crippen LogP contribution in [0.3, 0.4) is 0 Å². The van der Waals surface area contributed by atoms with Gasteiger partial charge in [-0.1, -0.05) is 37.3 Å². The summed E-state index contributed by atoms with van der Waals surface area (Å²) in [6.45, 7) is 6.97. The molecule has 0 unspecified atom stereocenters. The van der Waals surface area contributed by atoms with Gasteiger partial charge in [0.1, 0.15) is 0 Å². The molecule has 2 fully saturated rings. The zero-order valence-electron chi connectivity index (χ0n) is 16.1. The van der Waals surface area contributed by atoms with Gasteiger partial charge in [0.25, 0.3) is 5.91 Å². The van der Waals surface area contributed by atoms with Crippen molar-refractivity contribution < 1.29 is 4.79 Å². The molecule has 2 atom stereocenters. The molecule has 6 heteroatoms. The number of fused-ring (bicyclic) bond motifs is 2. The van der Waals surface area contributed by atoms with Crippen molar-refractivity contribution in [2.45, 2.75) is 13.5 Å². The van der Waals surface area contributed by atoms with Gasteiger partial charge < -0.3 is 10.6 Å². The standard InChI is InChI=1S/C22H25N5O/c1-22-14-25(11-16-5-3-2-4-6-16)12-17(22)13-26(15-22)21(28)19-10-24-27-8-7-18(23)9-20(19)27/h2-10,17H,11-15,23H2,1H3/t17-,22+/m0/s1. The number of amides is 1. The van der Waals surface area contributed by atoms with Crippen molar-refractivity contribution in [1.29, 1.82) is 0 Å². The van der Waals surface area contributed by atoms with Crippen molar-refractivity contribution in [1.82, 2.24) is 19.4 Å². The summed E-state index contributed by atoms with van der Waals surface area (Å²) in [5.41, 5.74) is 9.46. The summed E-state index contributed by atoms with van der Waals surface area (Å²) < 4.78 is 1.71. The average Bonchev–Trinajstić information content (AvgIpc) is 3.31. The summed E-state index contributed by atoms with van der Waals surface area (Å²) in [7, 11) is 0. The molecular formula is C22H25N5O. The molecule has 144 valence electrons. The zero-order chi connectivity index (χ0) is 19.3. The van der Waals surface area contributed by atoms with Crippen LogP contribution < -0.4 is 5.73 Å². The number of likely N-dealkylation sites (tertiary alicyclic amines) is 2. The molecule has 4 heterocycles. The van der Waals surface area contributed by atoms with Gasteiger partial charge >= 0.3 is 0 Å². The first-order valence-electron chi connectivity index (χ1n) is 9.80. The number of carbonyl (C=O) groups excluding carboxylic acids is 1. The van der Waals surface area contributed by atoms with Crippen LogP contribution in [0.4, 0.5) is 5.69 Å². The summed E-state index contributed by atoms with van der Waals surface area (Å²) in [4.78, 5) is 17.7. The van der Waals surface area contributed by atoms with E-state index in [0.717, 1.165) is 38.2 Å². The fraction of sp³-hybridized carbons (Fsp3) is 0.364. The third-order valence-corrected chi connectivity index (χ3v) is 6.35. The predicted octanol–water partition coefficient (Wildman–Crippen LogP) is 2.51. The van der Waals surface area contributed by atoms with Crippen molar-refractivity contribution in [3.05, 3.63) is 66.0 Å². The number of nitrogen functional groups attached to an aromatic ring is 1. The Morgan fingerprint density at radius 3 is 2.82 bits per heavy atom. The van der Waals surface area contributed by atoms with Gasteiger partial charge in [0.2, 0.25) is 0 Å². The largest absolute Gasteiger partial charge is 0.399 e. The number of hydrogen-bond donors (Lipinski definition) is 1. The van der Waals surface area contributed by atoms with Crippen LogP contribution in [-0.2, 0) is 6.54 Å². The summed E-state index contributed by atoms with van der Waals surface area (Å²) in [6, 6.07) is 14.2. The minimum Gasteiger partial charge on any atom is -0.399 e. The SMILES string of the molecule is C[C@]12CN(Cc3ccccc3)C[C@H]1CN(C(=O)c1cnn3ccc(N)cc13)C2. The van der Waals surface area contributed by atoms with Crippen molar-refractivity contribution >= 4 is 17.1 Å². The lowest BCUT2D eigenvalue weighted by Crippen LogP contribution is -2.35. The summed E-state index contributed by atoms with van der Waals surface area (Å²) >= 11 is 0. The number of aromatic nitrogens is 2.